The molecule has 6 heteroatoms. The predicted molar refractivity (Wildman–Crippen MR) is 78.2 cm³/mol. The van der Waals surface area contributed by atoms with E-state index in [0.29, 0.717) is 22.6 Å². The lowest BCUT2D eigenvalue weighted by atomic mass is 10.2. The van der Waals surface area contributed by atoms with Crippen molar-refractivity contribution in [2.75, 3.05) is 0 Å². The highest BCUT2D eigenvalue weighted by molar-refractivity contribution is 9.10. The van der Waals surface area contributed by atoms with E-state index >= 15 is 0 Å². The fourth-order valence-corrected chi connectivity index (χ4v) is 2.21. The Morgan fingerprint density at radius 1 is 1.29 bits per heavy atom. The summed E-state index contributed by atoms with van der Waals surface area (Å²) in [6.45, 7) is 0.415. The number of ether oxygens (including phenoxy) is 1. The molecule has 0 bridgehead atoms. The quantitative estimate of drug-likeness (QED) is 0.874. The summed E-state index contributed by atoms with van der Waals surface area (Å²) in [7, 11) is 0. The lowest BCUT2D eigenvalue weighted by Gasteiger charge is -2.10. The topological polar surface area (TPSA) is 34.1 Å². The molecule has 1 fully saturated rings. The van der Waals surface area contributed by atoms with Crippen LogP contribution >= 0.6 is 15.9 Å². The number of rotatable bonds is 5. The Bertz CT molecular complexity index is 662. The van der Waals surface area contributed by atoms with Crippen LogP contribution < -0.4 is 10.1 Å². The second kappa shape index (κ2) is 6.07. The van der Waals surface area contributed by atoms with Gasteiger partial charge in [-0.05, 0) is 37.1 Å². The number of nitrogens with zero attached hydrogens (tertiary/aromatic N) is 1. The molecule has 0 atom stereocenters. The highest BCUT2D eigenvalue weighted by Gasteiger charge is 2.21. The van der Waals surface area contributed by atoms with Crippen molar-refractivity contribution in [3.8, 4) is 11.6 Å². The molecule has 2 aromatic rings. The normalized spacial score (nSPS) is 14.2. The first-order valence-corrected chi connectivity index (χ1v) is 7.42. The van der Waals surface area contributed by atoms with E-state index in [-0.39, 0.29) is 11.6 Å². The van der Waals surface area contributed by atoms with Crippen LogP contribution in [-0.4, -0.2) is 11.0 Å². The predicted octanol–water partition coefficient (Wildman–Crippen LogP) is 4.17. The minimum Gasteiger partial charge on any atom is -0.433 e. The van der Waals surface area contributed by atoms with Gasteiger partial charge in [0.15, 0.2) is 17.4 Å². The van der Waals surface area contributed by atoms with Gasteiger partial charge in [0.1, 0.15) is 0 Å². The Balaban J connectivity index is 1.79. The van der Waals surface area contributed by atoms with Gasteiger partial charge in [0.25, 0.3) is 5.88 Å². The van der Waals surface area contributed by atoms with Crippen LogP contribution in [0.15, 0.2) is 34.9 Å². The van der Waals surface area contributed by atoms with Gasteiger partial charge in [-0.25, -0.2) is 13.8 Å². The second-order valence-electron chi connectivity index (χ2n) is 4.92. The van der Waals surface area contributed by atoms with Gasteiger partial charge in [0, 0.05) is 28.8 Å². The van der Waals surface area contributed by atoms with Gasteiger partial charge in [0.2, 0.25) is 0 Å². The van der Waals surface area contributed by atoms with Crippen LogP contribution in [0.3, 0.4) is 0 Å². The summed E-state index contributed by atoms with van der Waals surface area (Å²) in [5, 5.41) is 3.22. The van der Waals surface area contributed by atoms with Gasteiger partial charge in [-0.2, -0.15) is 0 Å². The maximum absolute atomic E-state index is 14.3. The number of nitrogens with one attached hydrogen (secondary N) is 1. The van der Waals surface area contributed by atoms with Crippen molar-refractivity contribution < 1.29 is 13.5 Å². The summed E-state index contributed by atoms with van der Waals surface area (Å²) in [4.78, 5) is 3.84. The molecule has 0 aliphatic heterocycles. The van der Waals surface area contributed by atoms with Gasteiger partial charge < -0.3 is 10.1 Å². The molecule has 1 aliphatic carbocycles. The van der Waals surface area contributed by atoms with Crippen LogP contribution in [0, 0.1) is 11.6 Å². The average Bonchev–Trinajstić information content (AvgIpc) is 3.27. The van der Waals surface area contributed by atoms with Crippen molar-refractivity contribution in [1.29, 1.82) is 0 Å². The Morgan fingerprint density at radius 2 is 2.10 bits per heavy atom. The number of aromatic nitrogens is 1. The molecule has 21 heavy (non-hydrogen) atoms. The minimum absolute atomic E-state index is 0.0584. The van der Waals surface area contributed by atoms with Crippen molar-refractivity contribution in [3.05, 3.63) is 52.1 Å². The number of hydrogen-bond donors (Lipinski definition) is 1. The summed E-state index contributed by atoms with van der Waals surface area (Å²) in [5.74, 6) is -1.41. The Labute approximate surface area is 129 Å². The molecular formula is C15H13BrF2N2O. The molecule has 0 radical (unpaired) electrons. The van der Waals surface area contributed by atoms with E-state index in [4.69, 9.17) is 4.74 Å². The largest absolute Gasteiger partial charge is 0.433 e. The second-order valence-corrected chi connectivity index (χ2v) is 5.84. The highest BCUT2D eigenvalue weighted by atomic mass is 79.9. The van der Waals surface area contributed by atoms with Crippen LogP contribution in [-0.2, 0) is 6.54 Å². The molecule has 1 heterocycles. The fourth-order valence-electron chi connectivity index (χ4n) is 1.87. The SMILES string of the molecule is Fc1cc(Br)ccc1Oc1nccc(CNC2CC2)c1F. The molecule has 1 saturated carbocycles. The molecule has 3 nitrogen and oxygen atoms in total. The zero-order valence-corrected chi connectivity index (χ0v) is 12.7. The number of halogens is 3. The van der Waals surface area contributed by atoms with Crippen molar-refractivity contribution in [1.82, 2.24) is 10.3 Å². The molecule has 0 unspecified atom stereocenters. The van der Waals surface area contributed by atoms with Gasteiger partial charge in [0.05, 0.1) is 0 Å². The Kier molecular flexibility index (Phi) is 4.17. The molecule has 1 aromatic carbocycles. The zero-order valence-electron chi connectivity index (χ0n) is 11.1. The maximum Gasteiger partial charge on any atom is 0.256 e. The van der Waals surface area contributed by atoms with Crippen molar-refractivity contribution in [2.45, 2.75) is 25.4 Å². The van der Waals surface area contributed by atoms with E-state index in [9.17, 15) is 8.78 Å². The molecule has 3 rings (SSSR count). The van der Waals surface area contributed by atoms with Crippen LogP contribution in [0.5, 0.6) is 11.6 Å². The lowest BCUT2D eigenvalue weighted by Crippen LogP contribution is -2.16. The molecule has 1 aromatic heterocycles. The van der Waals surface area contributed by atoms with Gasteiger partial charge in [-0.1, -0.05) is 15.9 Å². The third kappa shape index (κ3) is 3.57. The zero-order chi connectivity index (χ0) is 14.8. The van der Waals surface area contributed by atoms with Crippen LogP contribution in [0.25, 0.3) is 0 Å². The summed E-state index contributed by atoms with van der Waals surface area (Å²) in [5.41, 5.74) is 0.462. The summed E-state index contributed by atoms with van der Waals surface area (Å²) >= 11 is 3.15. The van der Waals surface area contributed by atoms with Gasteiger partial charge >= 0.3 is 0 Å². The van der Waals surface area contributed by atoms with Gasteiger partial charge in [-0.3, -0.25) is 0 Å². The third-order valence-corrected chi connectivity index (χ3v) is 3.69. The summed E-state index contributed by atoms with van der Waals surface area (Å²) < 4.78 is 33.8. The first-order valence-electron chi connectivity index (χ1n) is 6.63. The van der Waals surface area contributed by atoms with Crippen LogP contribution in [0.2, 0.25) is 0 Å². The maximum atomic E-state index is 14.3. The molecule has 0 spiro atoms. The minimum atomic E-state index is -0.577. The van der Waals surface area contributed by atoms with Crippen molar-refractivity contribution >= 4 is 15.9 Å². The first-order chi connectivity index (χ1) is 10.1. The molecule has 1 aliphatic rings. The standard InChI is InChI=1S/C15H13BrF2N2O/c16-10-1-4-13(12(17)7-10)21-15-14(18)9(5-6-19-15)8-20-11-2-3-11/h1,4-7,11,20H,2-3,8H2. The van der Waals surface area contributed by atoms with Crippen molar-refractivity contribution in [3.63, 3.8) is 0 Å². The van der Waals surface area contributed by atoms with Crippen LogP contribution in [0.4, 0.5) is 8.78 Å². The monoisotopic (exact) mass is 354 g/mol. The molecule has 0 saturated heterocycles. The van der Waals surface area contributed by atoms with E-state index in [1.807, 2.05) is 0 Å². The average molecular weight is 355 g/mol. The Morgan fingerprint density at radius 3 is 2.81 bits per heavy atom. The fraction of sp³-hybridized carbons (Fsp3) is 0.267. The molecule has 0 amide bonds. The van der Waals surface area contributed by atoms with E-state index in [1.54, 1.807) is 12.1 Å². The van der Waals surface area contributed by atoms with Gasteiger partial charge in [-0.15, -0.1) is 0 Å². The van der Waals surface area contributed by atoms with E-state index in [0.717, 1.165) is 12.8 Å². The van der Waals surface area contributed by atoms with Crippen molar-refractivity contribution in [2.24, 2.45) is 0 Å². The third-order valence-electron chi connectivity index (χ3n) is 3.20. The lowest BCUT2D eigenvalue weighted by molar-refractivity contribution is 0.394. The molecular weight excluding hydrogens is 342 g/mol. The first kappa shape index (κ1) is 14.4. The van der Waals surface area contributed by atoms with E-state index in [2.05, 4.69) is 26.2 Å². The molecule has 1 N–H and O–H groups in total. The smallest absolute Gasteiger partial charge is 0.256 e. The highest BCUT2D eigenvalue weighted by Crippen LogP contribution is 2.28. The van der Waals surface area contributed by atoms with E-state index in [1.165, 1.54) is 18.3 Å². The summed E-state index contributed by atoms with van der Waals surface area (Å²) in [6.07, 6.45) is 3.71. The van der Waals surface area contributed by atoms with Crippen LogP contribution in [0.1, 0.15) is 18.4 Å². The molecule has 110 valence electrons. The Hall–Kier alpha value is -1.53. The van der Waals surface area contributed by atoms with E-state index < -0.39 is 11.6 Å². The number of hydrogen-bond acceptors (Lipinski definition) is 3. The summed E-state index contributed by atoms with van der Waals surface area (Å²) in [6, 6.07) is 6.37. The number of benzene rings is 1. The number of pyridine rings is 1.